The minimum absolute atomic E-state index is 0.141. The Bertz CT molecular complexity index is 816. The molecule has 1 amide bonds. The largest absolute Gasteiger partial charge is 0.352 e. The maximum atomic E-state index is 12.9. The highest BCUT2D eigenvalue weighted by Crippen LogP contribution is 2.28. The van der Waals surface area contributed by atoms with Gasteiger partial charge in [0.2, 0.25) is 5.96 Å². The van der Waals surface area contributed by atoms with Gasteiger partial charge in [0, 0.05) is 49.7 Å². The number of carbonyl (C=O) groups excluding carboxylic acids is 1. The number of nitrogens with zero attached hydrogens (tertiary/aromatic N) is 3. The molecule has 1 saturated heterocycles. The summed E-state index contributed by atoms with van der Waals surface area (Å²) in [6.07, 6.45) is 13.5. The van der Waals surface area contributed by atoms with E-state index in [-0.39, 0.29) is 5.91 Å². The van der Waals surface area contributed by atoms with Crippen LogP contribution in [0.15, 0.2) is 22.1 Å². The van der Waals surface area contributed by atoms with E-state index in [4.69, 9.17) is 4.99 Å². The molecule has 1 atom stereocenters. The van der Waals surface area contributed by atoms with Crippen LogP contribution in [0.4, 0.5) is 0 Å². The van der Waals surface area contributed by atoms with Crippen LogP contribution >= 0.6 is 11.3 Å². The van der Waals surface area contributed by atoms with Gasteiger partial charge in [0.1, 0.15) is 0 Å². The first kappa shape index (κ1) is 21.2. The number of aliphatic imine (C=N–C) groups is 2. The number of rotatable bonds is 3. The smallest absolute Gasteiger partial charge is 0.264 e. The molecule has 2 aliphatic heterocycles. The number of nitrogens with one attached hydrogen (secondary N) is 2. The van der Waals surface area contributed by atoms with Gasteiger partial charge in [-0.05, 0) is 43.4 Å². The fraction of sp³-hybridized carbons (Fsp3) is 0.609. The Balaban J connectivity index is 1.48. The molecule has 1 aliphatic carbocycles. The summed E-state index contributed by atoms with van der Waals surface area (Å²) in [5, 5.41) is 6.87. The van der Waals surface area contributed by atoms with Gasteiger partial charge in [-0.3, -0.25) is 4.79 Å². The molecule has 1 saturated carbocycles. The molecule has 0 unspecified atom stereocenters. The van der Waals surface area contributed by atoms with E-state index in [0.29, 0.717) is 18.5 Å². The lowest BCUT2D eigenvalue weighted by Gasteiger charge is -2.28. The molecule has 0 aromatic carbocycles. The summed E-state index contributed by atoms with van der Waals surface area (Å²) in [7, 11) is 0. The zero-order valence-electron chi connectivity index (χ0n) is 17.9. The molecule has 0 radical (unpaired) electrons. The van der Waals surface area contributed by atoms with E-state index < -0.39 is 0 Å². The van der Waals surface area contributed by atoms with Crippen LogP contribution in [0.3, 0.4) is 0 Å². The van der Waals surface area contributed by atoms with Crippen molar-refractivity contribution in [3.63, 3.8) is 0 Å². The summed E-state index contributed by atoms with van der Waals surface area (Å²) in [6.45, 7) is 6.08. The van der Waals surface area contributed by atoms with Gasteiger partial charge in [-0.2, -0.15) is 0 Å². The van der Waals surface area contributed by atoms with Crippen LogP contribution < -0.4 is 10.6 Å². The molecule has 2 fully saturated rings. The van der Waals surface area contributed by atoms with Crippen LogP contribution in [0.25, 0.3) is 6.08 Å². The maximum absolute atomic E-state index is 12.9. The van der Waals surface area contributed by atoms with E-state index in [1.165, 1.54) is 32.1 Å². The molecule has 162 valence electrons. The quantitative estimate of drug-likeness (QED) is 0.773. The number of piperazine rings is 1. The summed E-state index contributed by atoms with van der Waals surface area (Å²) in [5.41, 5.74) is 1.11. The molecule has 1 aromatic rings. The van der Waals surface area contributed by atoms with Gasteiger partial charge in [-0.1, -0.05) is 25.3 Å². The van der Waals surface area contributed by atoms with Gasteiger partial charge in [-0.25, -0.2) is 9.98 Å². The number of hydrogen-bond acceptors (Lipinski definition) is 6. The van der Waals surface area contributed by atoms with Gasteiger partial charge in [0.15, 0.2) is 0 Å². The maximum Gasteiger partial charge on any atom is 0.264 e. The van der Waals surface area contributed by atoms with Crippen molar-refractivity contribution in [1.82, 2.24) is 15.5 Å². The van der Waals surface area contributed by atoms with Crippen LogP contribution in [0, 0.1) is 5.92 Å². The second kappa shape index (κ2) is 10.4. The SMILES string of the molecule is C[C@@H](NC1=N/Cc2cc(C(=O)N3CCNCC3)sc2/C=C\C/C=N\1)C1CCCCC1. The fourth-order valence-electron chi connectivity index (χ4n) is 4.45. The van der Waals surface area contributed by atoms with Crippen molar-refractivity contribution in [3.05, 3.63) is 27.5 Å². The summed E-state index contributed by atoms with van der Waals surface area (Å²) in [6, 6.07) is 2.41. The van der Waals surface area contributed by atoms with E-state index in [0.717, 1.165) is 53.9 Å². The number of guanidine groups is 1. The van der Waals surface area contributed by atoms with E-state index in [1.807, 2.05) is 17.2 Å². The molecule has 4 rings (SSSR count). The Labute approximate surface area is 183 Å². The summed E-state index contributed by atoms with van der Waals surface area (Å²) in [4.78, 5) is 26.2. The van der Waals surface area contributed by atoms with Crippen LogP contribution in [-0.2, 0) is 6.54 Å². The fourth-order valence-corrected chi connectivity index (χ4v) is 5.52. The number of fused-ring (bicyclic) bond motifs is 1. The Morgan fingerprint density at radius 3 is 2.87 bits per heavy atom. The van der Waals surface area contributed by atoms with E-state index >= 15 is 0 Å². The summed E-state index contributed by atoms with van der Waals surface area (Å²) in [5.74, 6) is 1.56. The zero-order valence-corrected chi connectivity index (χ0v) is 18.7. The van der Waals surface area contributed by atoms with Gasteiger partial charge in [0.25, 0.3) is 5.91 Å². The predicted octanol–water partition coefficient (Wildman–Crippen LogP) is 3.70. The monoisotopic (exact) mass is 427 g/mol. The van der Waals surface area contributed by atoms with Crippen LogP contribution in [-0.4, -0.2) is 55.2 Å². The normalized spacial score (nSPS) is 25.5. The third kappa shape index (κ3) is 5.38. The van der Waals surface area contributed by atoms with Crippen molar-refractivity contribution >= 4 is 35.5 Å². The summed E-state index contributed by atoms with van der Waals surface area (Å²) < 4.78 is 0. The summed E-state index contributed by atoms with van der Waals surface area (Å²) >= 11 is 1.58. The van der Waals surface area contributed by atoms with Crippen molar-refractivity contribution in [2.75, 3.05) is 26.2 Å². The van der Waals surface area contributed by atoms with E-state index in [9.17, 15) is 4.79 Å². The number of thiophene rings is 1. The van der Waals surface area contributed by atoms with Crippen molar-refractivity contribution in [1.29, 1.82) is 0 Å². The number of hydrogen-bond donors (Lipinski definition) is 2. The lowest BCUT2D eigenvalue weighted by Crippen LogP contribution is -2.46. The third-order valence-corrected chi connectivity index (χ3v) is 7.42. The first-order chi connectivity index (χ1) is 14.7. The average Bonchev–Trinajstić information content (AvgIpc) is 3.21. The minimum Gasteiger partial charge on any atom is -0.352 e. The van der Waals surface area contributed by atoms with Crippen LogP contribution in [0.5, 0.6) is 0 Å². The number of amides is 1. The Morgan fingerprint density at radius 1 is 1.27 bits per heavy atom. The Hall–Kier alpha value is -1.99. The second-order valence-electron chi connectivity index (χ2n) is 8.46. The Morgan fingerprint density at radius 2 is 2.07 bits per heavy atom. The molecular weight excluding hydrogens is 394 g/mol. The van der Waals surface area contributed by atoms with Crippen molar-refractivity contribution in [3.8, 4) is 0 Å². The van der Waals surface area contributed by atoms with Crippen LogP contribution in [0.2, 0.25) is 0 Å². The lowest BCUT2D eigenvalue weighted by atomic mass is 9.84. The highest BCUT2D eigenvalue weighted by atomic mass is 32.1. The Kier molecular flexibility index (Phi) is 7.33. The third-order valence-electron chi connectivity index (χ3n) is 6.29. The molecule has 7 heteroatoms. The number of allylic oxidation sites excluding steroid dienone is 1. The van der Waals surface area contributed by atoms with Gasteiger partial charge >= 0.3 is 0 Å². The minimum atomic E-state index is 0.141. The molecule has 3 heterocycles. The van der Waals surface area contributed by atoms with E-state index in [1.54, 1.807) is 11.3 Å². The molecule has 3 aliphatic rings. The molecular formula is C23H33N5OS. The highest BCUT2D eigenvalue weighted by Gasteiger charge is 2.22. The van der Waals surface area contributed by atoms with Gasteiger partial charge < -0.3 is 15.5 Å². The first-order valence-electron chi connectivity index (χ1n) is 11.3. The van der Waals surface area contributed by atoms with Crippen molar-refractivity contribution < 1.29 is 4.79 Å². The zero-order chi connectivity index (χ0) is 20.8. The molecule has 1 aromatic heterocycles. The van der Waals surface area contributed by atoms with Crippen LogP contribution in [0.1, 0.15) is 65.6 Å². The predicted molar refractivity (Wildman–Crippen MR) is 126 cm³/mol. The second-order valence-corrected chi connectivity index (χ2v) is 9.55. The van der Waals surface area contributed by atoms with Crippen molar-refractivity contribution in [2.24, 2.45) is 15.9 Å². The van der Waals surface area contributed by atoms with E-state index in [2.05, 4.69) is 34.7 Å². The molecule has 0 bridgehead atoms. The highest BCUT2D eigenvalue weighted by molar-refractivity contribution is 7.15. The molecule has 6 nitrogen and oxygen atoms in total. The standard InChI is InChI=1S/C23H33N5OS/c1-17(18-7-3-2-4-8-18)27-23-25-10-6-5-9-20-19(16-26-23)15-21(30-20)22(29)28-13-11-24-12-14-28/h5,9-10,15,17-18,24H,2-4,6-8,11-14,16H2,1H3,(H,26,27)/b9-5-,25-10-/t17-/m1/s1. The number of carbonyl (C=O) groups is 1. The van der Waals surface area contributed by atoms with Gasteiger partial charge in [-0.15, -0.1) is 11.3 Å². The van der Waals surface area contributed by atoms with Crippen molar-refractivity contribution in [2.45, 2.75) is 58.0 Å². The molecule has 2 N–H and O–H groups in total. The van der Waals surface area contributed by atoms with Gasteiger partial charge in [0.05, 0.1) is 11.4 Å². The topological polar surface area (TPSA) is 69.1 Å². The molecule has 30 heavy (non-hydrogen) atoms. The first-order valence-corrected chi connectivity index (χ1v) is 12.1. The molecule has 0 spiro atoms. The lowest BCUT2D eigenvalue weighted by molar-refractivity contribution is 0.0740. The average molecular weight is 428 g/mol.